The minimum absolute atomic E-state index is 0.0840. The van der Waals surface area contributed by atoms with E-state index >= 15 is 0 Å². The molecule has 0 spiro atoms. The first kappa shape index (κ1) is 20.6. The Morgan fingerprint density at radius 2 is 1.84 bits per heavy atom. The molecule has 5 nitrogen and oxygen atoms in total. The van der Waals surface area contributed by atoms with E-state index in [-0.39, 0.29) is 5.43 Å². The fourth-order valence-electron chi connectivity index (χ4n) is 4.25. The summed E-state index contributed by atoms with van der Waals surface area (Å²) in [5.41, 5.74) is 3.61. The second kappa shape index (κ2) is 8.34. The van der Waals surface area contributed by atoms with Crippen LogP contribution in [0.15, 0.2) is 69.9 Å². The number of fused-ring (bicyclic) bond motifs is 3. The third-order valence-electron chi connectivity index (χ3n) is 5.81. The minimum Gasteiger partial charge on any atom is -0.496 e. The summed E-state index contributed by atoms with van der Waals surface area (Å²) in [7, 11) is 1.60. The summed E-state index contributed by atoms with van der Waals surface area (Å²) in [6, 6.07) is 18.9. The number of para-hydroxylation sites is 1. The van der Waals surface area contributed by atoms with Gasteiger partial charge in [-0.15, -0.1) is 0 Å². The number of nitrogens with zero attached hydrogens (tertiary/aromatic N) is 1. The molecule has 0 amide bonds. The first-order valence-corrected chi connectivity index (χ1v) is 10.8. The van der Waals surface area contributed by atoms with Crippen molar-refractivity contribution in [3.05, 3.63) is 92.8 Å². The Hall–Kier alpha value is -3.28. The molecule has 1 aromatic heterocycles. The molecule has 0 bridgehead atoms. The number of rotatable bonds is 4. The van der Waals surface area contributed by atoms with Gasteiger partial charge in [-0.2, -0.15) is 0 Å². The quantitative estimate of drug-likeness (QED) is 0.396. The molecule has 0 saturated heterocycles. The topological polar surface area (TPSA) is 51.9 Å². The van der Waals surface area contributed by atoms with Crippen molar-refractivity contribution in [2.45, 2.75) is 20.0 Å². The number of aryl methyl sites for hydroxylation is 1. The first-order valence-electron chi connectivity index (χ1n) is 10.4. The summed E-state index contributed by atoms with van der Waals surface area (Å²) in [5, 5.41) is 1.25. The van der Waals surface area contributed by atoms with Crippen molar-refractivity contribution in [1.82, 2.24) is 4.90 Å². The average molecular weight is 448 g/mol. The van der Waals surface area contributed by atoms with Crippen LogP contribution >= 0.6 is 11.6 Å². The van der Waals surface area contributed by atoms with Crippen LogP contribution in [0.4, 0.5) is 0 Å². The standard InChI is InChI=1S/C26H22ClNO4/c1-16-24(18-8-4-6-10-22(18)30-2)25(29)19-11-12-23-20(26(19)32-16)14-28(15-31-23)13-17-7-3-5-9-21(17)27/h3-12H,13-15H2,1-2H3. The van der Waals surface area contributed by atoms with Gasteiger partial charge >= 0.3 is 0 Å². The molecule has 0 unspecified atom stereocenters. The maximum Gasteiger partial charge on any atom is 0.200 e. The van der Waals surface area contributed by atoms with Gasteiger partial charge in [0.1, 0.15) is 29.6 Å². The summed E-state index contributed by atoms with van der Waals surface area (Å²) >= 11 is 6.34. The first-order chi connectivity index (χ1) is 15.6. The number of benzene rings is 3. The molecule has 1 aliphatic heterocycles. The van der Waals surface area contributed by atoms with Crippen LogP contribution in [0.5, 0.6) is 11.5 Å². The van der Waals surface area contributed by atoms with E-state index in [4.69, 9.17) is 25.5 Å². The van der Waals surface area contributed by atoms with E-state index in [9.17, 15) is 4.79 Å². The fourth-order valence-corrected chi connectivity index (χ4v) is 4.45. The predicted molar refractivity (Wildman–Crippen MR) is 125 cm³/mol. The van der Waals surface area contributed by atoms with E-state index < -0.39 is 0 Å². The SMILES string of the molecule is COc1ccccc1-c1c(C)oc2c3c(ccc2c1=O)OCN(Cc1ccccc1Cl)C3. The highest BCUT2D eigenvalue weighted by atomic mass is 35.5. The number of methoxy groups -OCH3 is 1. The van der Waals surface area contributed by atoms with Crippen molar-refractivity contribution >= 4 is 22.6 Å². The Kier molecular flexibility index (Phi) is 5.37. The lowest BCUT2D eigenvalue weighted by Crippen LogP contribution is -2.32. The molecule has 0 fully saturated rings. The van der Waals surface area contributed by atoms with Crippen LogP contribution in [-0.4, -0.2) is 18.7 Å². The number of hydrogen-bond acceptors (Lipinski definition) is 5. The van der Waals surface area contributed by atoms with E-state index in [1.54, 1.807) is 13.2 Å². The maximum atomic E-state index is 13.5. The van der Waals surface area contributed by atoms with Crippen molar-refractivity contribution in [2.24, 2.45) is 0 Å². The fraction of sp³-hybridized carbons (Fsp3) is 0.192. The minimum atomic E-state index is -0.0840. The highest BCUT2D eigenvalue weighted by Crippen LogP contribution is 2.36. The summed E-state index contributed by atoms with van der Waals surface area (Å²) in [5.74, 6) is 1.92. The molecule has 162 valence electrons. The van der Waals surface area contributed by atoms with Crippen molar-refractivity contribution in [3.63, 3.8) is 0 Å². The lowest BCUT2D eigenvalue weighted by Gasteiger charge is -2.29. The molecule has 0 atom stereocenters. The Labute approximate surface area is 190 Å². The van der Waals surface area contributed by atoms with Gasteiger partial charge in [-0.25, -0.2) is 0 Å². The van der Waals surface area contributed by atoms with Crippen molar-refractivity contribution in [2.75, 3.05) is 13.8 Å². The zero-order valence-corrected chi connectivity index (χ0v) is 18.6. The second-order valence-corrected chi connectivity index (χ2v) is 8.24. The molecule has 5 rings (SSSR count). The predicted octanol–water partition coefficient (Wildman–Crippen LogP) is 5.78. The summed E-state index contributed by atoms with van der Waals surface area (Å²) < 4.78 is 17.7. The van der Waals surface area contributed by atoms with E-state index in [1.165, 1.54) is 0 Å². The van der Waals surface area contributed by atoms with Crippen LogP contribution in [0, 0.1) is 6.92 Å². The number of hydrogen-bond donors (Lipinski definition) is 0. The van der Waals surface area contributed by atoms with E-state index in [1.807, 2.05) is 61.5 Å². The molecule has 4 aromatic rings. The molecule has 0 aliphatic carbocycles. The molecular weight excluding hydrogens is 426 g/mol. The lowest BCUT2D eigenvalue weighted by molar-refractivity contribution is 0.0890. The van der Waals surface area contributed by atoms with Gasteiger partial charge in [0, 0.05) is 23.7 Å². The van der Waals surface area contributed by atoms with Gasteiger partial charge in [0.2, 0.25) is 5.43 Å². The van der Waals surface area contributed by atoms with Crippen LogP contribution in [0.25, 0.3) is 22.1 Å². The van der Waals surface area contributed by atoms with Gasteiger partial charge in [0.25, 0.3) is 0 Å². The molecule has 6 heteroatoms. The van der Waals surface area contributed by atoms with E-state index in [0.717, 1.165) is 27.5 Å². The normalized spacial score (nSPS) is 13.6. The molecule has 0 N–H and O–H groups in total. The average Bonchev–Trinajstić information content (AvgIpc) is 2.81. The number of halogens is 1. The van der Waals surface area contributed by atoms with Gasteiger partial charge < -0.3 is 13.9 Å². The van der Waals surface area contributed by atoms with Crippen LogP contribution in [0.2, 0.25) is 5.02 Å². The number of ether oxygens (including phenoxy) is 2. The Morgan fingerprint density at radius 3 is 2.66 bits per heavy atom. The van der Waals surface area contributed by atoms with E-state index in [2.05, 4.69) is 4.90 Å². The zero-order valence-electron chi connectivity index (χ0n) is 17.9. The maximum absolute atomic E-state index is 13.5. The second-order valence-electron chi connectivity index (χ2n) is 7.83. The molecular formula is C26H22ClNO4. The van der Waals surface area contributed by atoms with Gasteiger partial charge in [0.05, 0.1) is 23.6 Å². The van der Waals surface area contributed by atoms with Crippen molar-refractivity contribution < 1.29 is 13.9 Å². The molecule has 0 radical (unpaired) electrons. The van der Waals surface area contributed by atoms with Gasteiger partial charge in [-0.05, 0) is 36.8 Å². The van der Waals surface area contributed by atoms with Crippen LogP contribution in [0.1, 0.15) is 16.9 Å². The monoisotopic (exact) mass is 447 g/mol. The largest absolute Gasteiger partial charge is 0.496 e. The molecule has 32 heavy (non-hydrogen) atoms. The van der Waals surface area contributed by atoms with Crippen LogP contribution in [0.3, 0.4) is 0 Å². The Bertz CT molecular complexity index is 1380. The molecule has 2 heterocycles. The summed E-state index contributed by atoms with van der Waals surface area (Å²) in [6.45, 7) is 3.48. The molecule has 3 aromatic carbocycles. The smallest absolute Gasteiger partial charge is 0.200 e. The Balaban J connectivity index is 1.59. The summed E-state index contributed by atoms with van der Waals surface area (Å²) in [4.78, 5) is 15.7. The highest BCUT2D eigenvalue weighted by molar-refractivity contribution is 6.31. The molecule has 0 saturated carbocycles. The Morgan fingerprint density at radius 1 is 1.06 bits per heavy atom. The van der Waals surface area contributed by atoms with Gasteiger partial charge in [-0.1, -0.05) is 48.0 Å². The van der Waals surface area contributed by atoms with Crippen LogP contribution < -0.4 is 14.9 Å². The molecule has 1 aliphatic rings. The third-order valence-corrected chi connectivity index (χ3v) is 6.18. The highest BCUT2D eigenvalue weighted by Gasteiger charge is 2.25. The van der Waals surface area contributed by atoms with Gasteiger partial charge in [0.15, 0.2) is 0 Å². The van der Waals surface area contributed by atoms with E-state index in [0.29, 0.717) is 47.9 Å². The van der Waals surface area contributed by atoms with Crippen molar-refractivity contribution in [3.8, 4) is 22.6 Å². The third kappa shape index (κ3) is 3.53. The zero-order chi connectivity index (χ0) is 22.2. The van der Waals surface area contributed by atoms with Crippen molar-refractivity contribution in [1.29, 1.82) is 0 Å². The summed E-state index contributed by atoms with van der Waals surface area (Å²) in [6.07, 6.45) is 0. The van der Waals surface area contributed by atoms with Crippen LogP contribution in [-0.2, 0) is 13.1 Å². The van der Waals surface area contributed by atoms with Gasteiger partial charge in [-0.3, -0.25) is 9.69 Å². The lowest BCUT2D eigenvalue weighted by atomic mass is 9.99.